The SMILES string of the molecule is C[C@@]12CCC3(O1)C(C(=O)Nc1ccccc1Cl)N(CCCO)C(=O)[C@@H]3[C@@H]2C(=O)NCc1ccccc1. The van der Waals surface area contributed by atoms with Gasteiger partial charge >= 0.3 is 0 Å². The first-order valence-corrected chi connectivity index (χ1v) is 12.7. The summed E-state index contributed by atoms with van der Waals surface area (Å²) < 4.78 is 6.56. The van der Waals surface area contributed by atoms with E-state index in [9.17, 15) is 19.5 Å². The van der Waals surface area contributed by atoms with Gasteiger partial charge in [0.2, 0.25) is 17.7 Å². The fourth-order valence-electron chi connectivity index (χ4n) is 6.27. The van der Waals surface area contributed by atoms with E-state index in [-0.39, 0.29) is 25.0 Å². The summed E-state index contributed by atoms with van der Waals surface area (Å²) in [4.78, 5) is 42.5. The maximum absolute atomic E-state index is 13.8. The molecule has 190 valence electrons. The van der Waals surface area contributed by atoms with E-state index in [2.05, 4.69) is 10.6 Å². The molecule has 0 radical (unpaired) electrons. The van der Waals surface area contributed by atoms with Crippen LogP contribution in [0.25, 0.3) is 0 Å². The molecule has 9 heteroatoms. The largest absolute Gasteiger partial charge is 0.396 e. The Morgan fingerprint density at radius 1 is 1.11 bits per heavy atom. The van der Waals surface area contributed by atoms with E-state index < -0.39 is 35.0 Å². The van der Waals surface area contributed by atoms with Gasteiger partial charge in [-0.1, -0.05) is 54.1 Å². The zero-order valence-electron chi connectivity index (χ0n) is 20.1. The molecule has 5 rings (SSSR count). The van der Waals surface area contributed by atoms with E-state index in [4.69, 9.17) is 16.3 Å². The molecule has 2 unspecified atom stereocenters. The smallest absolute Gasteiger partial charge is 0.250 e. The number of rotatable bonds is 8. The van der Waals surface area contributed by atoms with Gasteiger partial charge in [-0.05, 0) is 43.9 Å². The molecule has 3 N–H and O–H groups in total. The van der Waals surface area contributed by atoms with Gasteiger partial charge < -0.3 is 25.4 Å². The topological polar surface area (TPSA) is 108 Å². The van der Waals surface area contributed by atoms with Crippen molar-refractivity contribution in [3.8, 4) is 0 Å². The van der Waals surface area contributed by atoms with Crippen LogP contribution in [0.2, 0.25) is 5.02 Å². The number of amides is 3. The predicted molar refractivity (Wildman–Crippen MR) is 134 cm³/mol. The molecular formula is C27H30ClN3O5. The van der Waals surface area contributed by atoms with Crippen LogP contribution >= 0.6 is 11.6 Å². The van der Waals surface area contributed by atoms with E-state index in [0.717, 1.165) is 5.56 Å². The van der Waals surface area contributed by atoms with Crippen molar-refractivity contribution in [2.75, 3.05) is 18.5 Å². The van der Waals surface area contributed by atoms with Crippen LogP contribution < -0.4 is 10.6 Å². The number of anilines is 1. The number of hydrogen-bond donors (Lipinski definition) is 3. The molecule has 3 aliphatic rings. The van der Waals surface area contributed by atoms with Gasteiger partial charge in [-0.25, -0.2) is 0 Å². The fraction of sp³-hybridized carbons (Fsp3) is 0.444. The molecule has 2 aromatic rings. The summed E-state index contributed by atoms with van der Waals surface area (Å²) in [6, 6.07) is 15.5. The molecule has 0 saturated carbocycles. The minimum absolute atomic E-state index is 0.125. The fourth-order valence-corrected chi connectivity index (χ4v) is 6.45. The zero-order valence-corrected chi connectivity index (χ0v) is 20.8. The van der Waals surface area contributed by atoms with Crippen molar-refractivity contribution in [1.82, 2.24) is 10.2 Å². The molecule has 8 nitrogen and oxygen atoms in total. The Labute approximate surface area is 215 Å². The summed E-state index contributed by atoms with van der Waals surface area (Å²) in [5.41, 5.74) is -0.585. The Morgan fingerprint density at radius 3 is 2.56 bits per heavy atom. The molecule has 0 aliphatic carbocycles. The van der Waals surface area contributed by atoms with E-state index in [1.54, 1.807) is 24.3 Å². The Bertz CT molecular complexity index is 1180. The summed E-state index contributed by atoms with van der Waals surface area (Å²) in [7, 11) is 0. The first-order chi connectivity index (χ1) is 17.3. The number of para-hydroxylation sites is 1. The zero-order chi connectivity index (χ0) is 25.5. The molecule has 5 atom stereocenters. The van der Waals surface area contributed by atoms with Crippen LogP contribution in [-0.2, 0) is 25.7 Å². The maximum Gasteiger partial charge on any atom is 0.250 e. The molecule has 1 spiro atoms. The quantitative estimate of drug-likeness (QED) is 0.505. The van der Waals surface area contributed by atoms with E-state index in [1.807, 2.05) is 37.3 Å². The van der Waals surface area contributed by atoms with Crippen LogP contribution in [0.4, 0.5) is 5.69 Å². The number of halogens is 1. The Balaban J connectivity index is 1.45. The molecule has 3 heterocycles. The highest BCUT2D eigenvalue weighted by Gasteiger charge is 2.77. The highest BCUT2D eigenvalue weighted by molar-refractivity contribution is 6.33. The number of hydrogen-bond acceptors (Lipinski definition) is 5. The lowest BCUT2D eigenvalue weighted by molar-refractivity contribution is -0.144. The number of benzene rings is 2. The van der Waals surface area contributed by atoms with E-state index in [1.165, 1.54) is 4.90 Å². The summed E-state index contributed by atoms with van der Waals surface area (Å²) in [6.45, 7) is 2.26. The lowest BCUT2D eigenvalue weighted by Gasteiger charge is -2.33. The molecule has 2 bridgehead atoms. The van der Waals surface area contributed by atoms with Gasteiger partial charge in [0.25, 0.3) is 0 Å². The molecule has 0 aromatic heterocycles. The van der Waals surface area contributed by atoms with Crippen molar-refractivity contribution in [3.05, 3.63) is 65.2 Å². The van der Waals surface area contributed by atoms with Crippen molar-refractivity contribution >= 4 is 35.0 Å². The number of ether oxygens (including phenoxy) is 1. The monoisotopic (exact) mass is 511 g/mol. The minimum atomic E-state index is -1.12. The second-order valence-corrected chi connectivity index (χ2v) is 10.4. The highest BCUT2D eigenvalue weighted by Crippen LogP contribution is 2.63. The average molecular weight is 512 g/mol. The van der Waals surface area contributed by atoms with Crippen molar-refractivity contribution in [1.29, 1.82) is 0 Å². The molecule has 36 heavy (non-hydrogen) atoms. The minimum Gasteiger partial charge on any atom is -0.396 e. The van der Waals surface area contributed by atoms with Crippen LogP contribution in [0.5, 0.6) is 0 Å². The van der Waals surface area contributed by atoms with E-state index >= 15 is 0 Å². The third-order valence-corrected chi connectivity index (χ3v) is 8.14. The molecule has 3 fully saturated rings. The summed E-state index contributed by atoms with van der Waals surface area (Å²) in [6.07, 6.45) is 1.36. The van der Waals surface area contributed by atoms with Gasteiger partial charge in [0.05, 0.1) is 28.1 Å². The third kappa shape index (κ3) is 3.97. The second kappa shape index (κ2) is 9.50. The number of nitrogens with zero attached hydrogens (tertiary/aromatic N) is 1. The van der Waals surface area contributed by atoms with Crippen LogP contribution in [-0.4, -0.2) is 58.1 Å². The van der Waals surface area contributed by atoms with Crippen LogP contribution in [0, 0.1) is 11.8 Å². The van der Waals surface area contributed by atoms with Crippen molar-refractivity contribution in [3.63, 3.8) is 0 Å². The Hall–Kier alpha value is -2.94. The standard InChI is InChI=1S/C27H30ClN3O5/c1-26-12-13-27(36-26)21(20(26)23(33)29-16-17-8-3-2-4-9-17)25(35)31(14-7-15-32)22(27)24(34)30-19-11-6-5-10-18(19)28/h2-6,8-11,20-22,32H,7,12-16H2,1H3,(H,29,33)(H,30,34)/t20-,21+,22?,26+,27?/m1/s1. The number of likely N-dealkylation sites (tertiary alicyclic amines) is 1. The van der Waals surface area contributed by atoms with Crippen molar-refractivity contribution < 1.29 is 24.2 Å². The summed E-state index contributed by atoms with van der Waals surface area (Å²) in [5, 5.41) is 15.7. The normalized spacial score (nSPS) is 30.4. The highest BCUT2D eigenvalue weighted by atomic mass is 35.5. The molecule has 3 aliphatic heterocycles. The van der Waals surface area contributed by atoms with Crippen LogP contribution in [0.15, 0.2) is 54.6 Å². The predicted octanol–water partition coefficient (Wildman–Crippen LogP) is 2.74. The van der Waals surface area contributed by atoms with Gasteiger partial charge in [-0.2, -0.15) is 0 Å². The van der Waals surface area contributed by atoms with Crippen molar-refractivity contribution in [2.24, 2.45) is 11.8 Å². The van der Waals surface area contributed by atoms with Gasteiger partial charge in [-0.15, -0.1) is 0 Å². The van der Waals surface area contributed by atoms with Crippen LogP contribution in [0.3, 0.4) is 0 Å². The van der Waals surface area contributed by atoms with E-state index in [0.29, 0.717) is 36.5 Å². The average Bonchev–Trinajstić information content (AvgIpc) is 3.44. The number of aliphatic hydroxyl groups excluding tert-OH is 1. The van der Waals surface area contributed by atoms with Gasteiger partial charge in [-0.3, -0.25) is 14.4 Å². The lowest BCUT2D eigenvalue weighted by atomic mass is 9.66. The number of nitrogens with one attached hydrogen (secondary N) is 2. The van der Waals surface area contributed by atoms with Crippen LogP contribution in [0.1, 0.15) is 31.7 Å². The summed E-state index contributed by atoms with van der Waals surface area (Å²) in [5.74, 6) is -2.46. The molecule has 3 amide bonds. The Kier molecular flexibility index (Phi) is 6.53. The molecular weight excluding hydrogens is 482 g/mol. The Morgan fingerprint density at radius 2 is 1.83 bits per heavy atom. The lowest BCUT2D eigenvalue weighted by Crippen LogP contribution is -2.53. The summed E-state index contributed by atoms with van der Waals surface area (Å²) >= 11 is 6.27. The van der Waals surface area contributed by atoms with Gasteiger partial charge in [0, 0.05) is 19.7 Å². The molecule has 2 aromatic carbocycles. The van der Waals surface area contributed by atoms with Gasteiger partial charge in [0.1, 0.15) is 11.6 Å². The molecule has 3 saturated heterocycles. The third-order valence-electron chi connectivity index (χ3n) is 7.81. The maximum atomic E-state index is 13.8. The number of carbonyl (C=O) groups excluding carboxylic acids is 3. The van der Waals surface area contributed by atoms with Gasteiger partial charge in [0.15, 0.2) is 0 Å². The second-order valence-electron chi connectivity index (χ2n) is 10.0. The van der Waals surface area contributed by atoms with Crippen molar-refractivity contribution in [2.45, 2.75) is 50.0 Å². The number of carbonyl (C=O) groups is 3. The first-order valence-electron chi connectivity index (χ1n) is 12.3. The number of fused-ring (bicyclic) bond motifs is 1. The number of aliphatic hydroxyl groups is 1. The first kappa shape index (κ1) is 24.7.